The maximum absolute atomic E-state index is 6.27. The number of nitrogens with two attached hydrogens (primary N) is 1. The molecule has 1 heterocycles. The summed E-state index contributed by atoms with van der Waals surface area (Å²) in [6.45, 7) is 0.876. The molecule has 1 atom stereocenters. The molecule has 1 fully saturated rings. The van der Waals surface area contributed by atoms with Crippen molar-refractivity contribution in [3.8, 4) is 0 Å². The van der Waals surface area contributed by atoms with Gasteiger partial charge in [-0.3, -0.25) is 0 Å². The maximum Gasteiger partial charge on any atom is 0.0876 e. The summed E-state index contributed by atoms with van der Waals surface area (Å²) < 4.78 is 5.35. The first-order chi connectivity index (χ1) is 6.88. The van der Waals surface area contributed by atoms with Crippen molar-refractivity contribution in [2.24, 2.45) is 11.7 Å². The van der Waals surface area contributed by atoms with E-state index in [1.165, 1.54) is 37.7 Å². The van der Waals surface area contributed by atoms with Crippen LogP contribution in [0.3, 0.4) is 0 Å². The van der Waals surface area contributed by atoms with E-state index in [1.54, 1.807) is 0 Å². The van der Waals surface area contributed by atoms with Crippen molar-refractivity contribution in [2.75, 3.05) is 6.61 Å². The standard InChI is InChI=1S/C12H21NO/c13-12(10-5-2-1-3-6-10)11-7-4-8-14-9-11/h9-10,12H,1-8,13H2. The summed E-state index contributed by atoms with van der Waals surface area (Å²) in [7, 11) is 0. The van der Waals surface area contributed by atoms with Gasteiger partial charge in [0.05, 0.1) is 12.9 Å². The van der Waals surface area contributed by atoms with Crippen LogP contribution in [0.2, 0.25) is 0 Å². The second kappa shape index (κ2) is 4.83. The van der Waals surface area contributed by atoms with Crippen LogP contribution in [-0.2, 0) is 4.74 Å². The first kappa shape index (κ1) is 10.0. The molecule has 1 aliphatic carbocycles. The van der Waals surface area contributed by atoms with Crippen molar-refractivity contribution in [3.63, 3.8) is 0 Å². The lowest BCUT2D eigenvalue weighted by Gasteiger charge is -2.30. The normalized spacial score (nSPS) is 26.5. The van der Waals surface area contributed by atoms with Crippen molar-refractivity contribution in [2.45, 2.75) is 51.0 Å². The van der Waals surface area contributed by atoms with Crippen LogP contribution in [0.4, 0.5) is 0 Å². The minimum Gasteiger partial charge on any atom is -0.501 e. The van der Waals surface area contributed by atoms with Gasteiger partial charge in [0.1, 0.15) is 0 Å². The Morgan fingerprint density at radius 1 is 1.21 bits per heavy atom. The summed E-state index contributed by atoms with van der Waals surface area (Å²) in [6, 6.07) is 0.274. The monoisotopic (exact) mass is 195 g/mol. The molecule has 0 radical (unpaired) electrons. The molecule has 0 bridgehead atoms. The molecule has 2 N–H and O–H groups in total. The third kappa shape index (κ3) is 2.30. The summed E-state index contributed by atoms with van der Waals surface area (Å²) in [4.78, 5) is 0. The van der Waals surface area contributed by atoms with Gasteiger partial charge in [-0.2, -0.15) is 0 Å². The summed E-state index contributed by atoms with van der Waals surface area (Å²) in [5, 5.41) is 0. The van der Waals surface area contributed by atoms with Gasteiger partial charge < -0.3 is 10.5 Å². The van der Waals surface area contributed by atoms with Gasteiger partial charge in [0, 0.05) is 6.04 Å². The van der Waals surface area contributed by atoms with Gasteiger partial charge in [0.25, 0.3) is 0 Å². The van der Waals surface area contributed by atoms with Gasteiger partial charge in [-0.1, -0.05) is 19.3 Å². The summed E-state index contributed by atoms with van der Waals surface area (Å²) in [5.41, 5.74) is 7.62. The number of hydrogen-bond donors (Lipinski definition) is 1. The molecule has 14 heavy (non-hydrogen) atoms. The van der Waals surface area contributed by atoms with E-state index in [4.69, 9.17) is 10.5 Å². The molecule has 2 rings (SSSR count). The minimum atomic E-state index is 0.274. The van der Waals surface area contributed by atoms with Crippen LogP contribution in [0.5, 0.6) is 0 Å². The Labute approximate surface area is 86.5 Å². The maximum atomic E-state index is 6.27. The van der Waals surface area contributed by atoms with E-state index in [2.05, 4.69) is 0 Å². The summed E-state index contributed by atoms with van der Waals surface area (Å²) >= 11 is 0. The lowest BCUT2D eigenvalue weighted by atomic mass is 9.80. The number of hydrogen-bond acceptors (Lipinski definition) is 2. The van der Waals surface area contributed by atoms with Gasteiger partial charge in [0.2, 0.25) is 0 Å². The Bertz CT molecular complexity index is 206. The third-order valence-corrected chi connectivity index (χ3v) is 3.55. The first-order valence-electron chi connectivity index (χ1n) is 5.94. The Hall–Kier alpha value is -0.500. The SMILES string of the molecule is NC(C1=COCCC1)C1CCCCC1. The van der Waals surface area contributed by atoms with Crippen LogP contribution in [0.1, 0.15) is 44.9 Å². The Kier molecular flexibility index (Phi) is 3.46. The van der Waals surface area contributed by atoms with Crippen molar-refractivity contribution >= 4 is 0 Å². The summed E-state index contributed by atoms with van der Waals surface area (Å²) in [5.74, 6) is 0.719. The van der Waals surface area contributed by atoms with E-state index >= 15 is 0 Å². The average Bonchev–Trinajstić information content (AvgIpc) is 2.30. The highest BCUT2D eigenvalue weighted by Crippen LogP contribution is 2.30. The fourth-order valence-electron chi connectivity index (χ4n) is 2.63. The minimum absolute atomic E-state index is 0.274. The molecule has 1 aliphatic heterocycles. The molecule has 0 amide bonds. The van der Waals surface area contributed by atoms with Crippen LogP contribution < -0.4 is 5.73 Å². The van der Waals surface area contributed by atoms with Gasteiger partial charge in [0.15, 0.2) is 0 Å². The van der Waals surface area contributed by atoms with Crippen molar-refractivity contribution in [1.29, 1.82) is 0 Å². The van der Waals surface area contributed by atoms with Crippen molar-refractivity contribution < 1.29 is 4.74 Å². The fraction of sp³-hybridized carbons (Fsp3) is 0.833. The smallest absolute Gasteiger partial charge is 0.0876 e. The highest BCUT2D eigenvalue weighted by Gasteiger charge is 2.24. The Morgan fingerprint density at radius 2 is 2.00 bits per heavy atom. The molecule has 0 aromatic carbocycles. The van der Waals surface area contributed by atoms with E-state index in [-0.39, 0.29) is 6.04 Å². The van der Waals surface area contributed by atoms with E-state index in [9.17, 15) is 0 Å². The largest absolute Gasteiger partial charge is 0.501 e. The molecule has 80 valence electrons. The molecule has 0 aromatic rings. The second-order valence-electron chi connectivity index (χ2n) is 4.59. The van der Waals surface area contributed by atoms with Crippen LogP contribution >= 0.6 is 0 Å². The molecule has 1 unspecified atom stereocenters. The first-order valence-corrected chi connectivity index (χ1v) is 5.94. The quantitative estimate of drug-likeness (QED) is 0.735. The van der Waals surface area contributed by atoms with Crippen molar-refractivity contribution in [1.82, 2.24) is 0 Å². The Balaban J connectivity index is 1.91. The predicted octanol–water partition coefficient (Wildman–Crippen LogP) is 2.59. The lowest BCUT2D eigenvalue weighted by Crippen LogP contribution is -2.34. The van der Waals surface area contributed by atoms with E-state index < -0.39 is 0 Å². The number of ether oxygens (including phenoxy) is 1. The molecular weight excluding hydrogens is 174 g/mol. The fourth-order valence-corrected chi connectivity index (χ4v) is 2.63. The molecular formula is C12H21NO. The van der Waals surface area contributed by atoms with Crippen molar-refractivity contribution in [3.05, 3.63) is 11.8 Å². The molecule has 0 spiro atoms. The third-order valence-electron chi connectivity index (χ3n) is 3.55. The van der Waals surface area contributed by atoms with Crippen LogP contribution in [0.25, 0.3) is 0 Å². The van der Waals surface area contributed by atoms with Crippen LogP contribution in [0, 0.1) is 5.92 Å². The lowest BCUT2D eigenvalue weighted by molar-refractivity contribution is 0.213. The van der Waals surface area contributed by atoms with Crippen LogP contribution in [-0.4, -0.2) is 12.6 Å². The molecule has 0 aromatic heterocycles. The molecule has 2 heteroatoms. The average molecular weight is 195 g/mol. The predicted molar refractivity (Wildman–Crippen MR) is 57.8 cm³/mol. The Morgan fingerprint density at radius 3 is 2.64 bits per heavy atom. The number of rotatable bonds is 2. The highest BCUT2D eigenvalue weighted by atomic mass is 16.5. The zero-order valence-corrected chi connectivity index (χ0v) is 8.87. The van der Waals surface area contributed by atoms with Gasteiger partial charge >= 0.3 is 0 Å². The summed E-state index contributed by atoms with van der Waals surface area (Å²) in [6.07, 6.45) is 11.0. The molecule has 2 aliphatic rings. The second-order valence-corrected chi connectivity index (χ2v) is 4.59. The van der Waals surface area contributed by atoms with Gasteiger partial charge in [-0.05, 0) is 37.2 Å². The van der Waals surface area contributed by atoms with E-state index in [1.807, 2.05) is 6.26 Å². The van der Waals surface area contributed by atoms with E-state index in [0.29, 0.717) is 0 Å². The molecule has 1 saturated carbocycles. The van der Waals surface area contributed by atoms with Gasteiger partial charge in [-0.15, -0.1) is 0 Å². The zero-order valence-electron chi connectivity index (χ0n) is 8.87. The van der Waals surface area contributed by atoms with E-state index in [0.717, 1.165) is 25.4 Å². The topological polar surface area (TPSA) is 35.2 Å². The molecule has 2 nitrogen and oxygen atoms in total. The van der Waals surface area contributed by atoms with Gasteiger partial charge in [-0.25, -0.2) is 0 Å². The molecule has 0 saturated heterocycles. The van der Waals surface area contributed by atoms with Crippen LogP contribution in [0.15, 0.2) is 11.8 Å². The highest BCUT2D eigenvalue weighted by molar-refractivity contribution is 5.11. The zero-order chi connectivity index (χ0) is 9.80.